The first-order valence-corrected chi connectivity index (χ1v) is 5.24. The molecule has 0 radical (unpaired) electrons. The second-order valence-electron chi connectivity index (χ2n) is 3.77. The molecule has 1 aromatic carbocycles. The van der Waals surface area contributed by atoms with E-state index in [0.717, 1.165) is 5.56 Å². The lowest BCUT2D eigenvalue weighted by Crippen LogP contribution is -2.12. The maximum absolute atomic E-state index is 11.9. The second kappa shape index (κ2) is 4.65. The molecule has 3 N–H and O–H groups in total. The van der Waals surface area contributed by atoms with E-state index in [-0.39, 0.29) is 5.91 Å². The first kappa shape index (κ1) is 11.1. The SMILES string of the molecule is Cc1ccc(C(=O)Nc2cccnc2)cc1N. The van der Waals surface area contributed by atoms with Gasteiger partial charge in [0.25, 0.3) is 5.91 Å². The lowest BCUT2D eigenvalue weighted by atomic mass is 10.1. The molecule has 1 heterocycles. The number of nitrogens with zero attached hydrogens (tertiary/aromatic N) is 1. The maximum atomic E-state index is 11.9. The number of anilines is 2. The summed E-state index contributed by atoms with van der Waals surface area (Å²) in [5.74, 6) is -0.190. The van der Waals surface area contributed by atoms with Crippen LogP contribution in [0.1, 0.15) is 15.9 Å². The van der Waals surface area contributed by atoms with Crippen molar-refractivity contribution in [3.63, 3.8) is 0 Å². The largest absolute Gasteiger partial charge is 0.398 e. The van der Waals surface area contributed by atoms with Crippen molar-refractivity contribution in [2.75, 3.05) is 11.1 Å². The van der Waals surface area contributed by atoms with E-state index in [1.165, 1.54) is 0 Å². The van der Waals surface area contributed by atoms with Crippen LogP contribution in [0.3, 0.4) is 0 Å². The van der Waals surface area contributed by atoms with Crippen LogP contribution in [-0.4, -0.2) is 10.9 Å². The summed E-state index contributed by atoms with van der Waals surface area (Å²) < 4.78 is 0. The topological polar surface area (TPSA) is 68.0 Å². The van der Waals surface area contributed by atoms with Crippen molar-refractivity contribution in [2.24, 2.45) is 0 Å². The lowest BCUT2D eigenvalue weighted by molar-refractivity contribution is 0.102. The third-order valence-electron chi connectivity index (χ3n) is 2.46. The van der Waals surface area contributed by atoms with Crippen molar-refractivity contribution in [1.82, 2.24) is 4.98 Å². The number of hydrogen-bond acceptors (Lipinski definition) is 3. The molecule has 4 heteroatoms. The fourth-order valence-corrected chi connectivity index (χ4v) is 1.42. The summed E-state index contributed by atoms with van der Waals surface area (Å²) in [6.45, 7) is 1.90. The number of amides is 1. The van der Waals surface area contributed by atoms with E-state index >= 15 is 0 Å². The Kier molecular flexibility index (Phi) is 3.05. The average Bonchev–Trinajstić information content (AvgIpc) is 2.34. The third kappa shape index (κ3) is 2.60. The normalized spacial score (nSPS) is 9.94. The van der Waals surface area contributed by atoms with Crippen LogP contribution in [0, 0.1) is 6.92 Å². The molecule has 1 amide bonds. The molecular formula is C13H13N3O. The monoisotopic (exact) mass is 227 g/mol. The summed E-state index contributed by atoms with van der Waals surface area (Å²) in [7, 11) is 0. The van der Waals surface area contributed by atoms with Gasteiger partial charge in [0.2, 0.25) is 0 Å². The van der Waals surface area contributed by atoms with E-state index in [2.05, 4.69) is 10.3 Å². The van der Waals surface area contributed by atoms with Gasteiger partial charge in [0.15, 0.2) is 0 Å². The molecule has 0 saturated heterocycles. The summed E-state index contributed by atoms with van der Waals surface area (Å²) in [5, 5.41) is 2.75. The Morgan fingerprint density at radius 2 is 2.18 bits per heavy atom. The molecule has 0 fully saturated rings. The Morgan fingerprint density at radius 3 is 2.82 bits per heavy atom. The molecule has 0 bridgehead atoms. The molecule has 0 atom stereocenters. The number of aryl methyl sites for hydroxylation is 1. The zero-order chi connectivity index (χ0) is 12.3. The Morgan fingerprint density at radius 1 is 1.35 bits per heavy atom. The average molecular weight is 227 g/mol. The number of aromatic nitrogens is 1. The van der Waals surface area contributed by atoms with E-state index in [1.807, 2.05) is 13.0 Å². The summed E-state index contributed by atoms with van der Waals surface area (Å²) in [6, 6.07) is 8.79. The number of nitrogens with two attached hydrogens (primary N) is 1. The molecule has 0 unspecified atom stereocenters. The number of benzene rings is 1. The minimum absolute atomic E-state index is 0.190. The smallest absolute Gasteiger partial charge is 0.255 e. The fourth-order valence-electron chi connectivity index (χ4n) is 1.42. The van der Waals surface area contributed by atoms with Gasteiger partial charge in [0, 0.05) is 17.4 Å². The number of carbonyl (C=O) groups excluding carboxylic acids is 1. The molecule has 0 spiro atoms. The molecule has 2 aromatic rings. The molecule has 2 rings (SSSR count). The van der Waals surface area contributed by atoms with Crippen LogP contribution >= 0.6 is 0 Å². The van der Waals surface area contributed by atoms with Crippen LogP contribution < -0.4 is 11.1 Å². The van der Waals surface area contributed by atoms with Crippen LogP contribution in [0.2, 0.25) is 0 Å². The standard InChI is InChI=1S/C13H13N3O/c1-9-4-5-10(7-12(9)14)13(17)16-11-3-2-6-15-8-11/h2-8H,14H2,1H3,(H,16,17). The summed E-state index contributed by atoms with van der Waals surface area (Å²) in [5.41, 5.74) is 8.54. The van der Waals surface area contributed by atoms with E-state index in [9.17, 15) is 4.79 Å². The maximum Gasteiger partial charge on any atom is 0.255 e. The summed E-state index contributed by atoms with van der Waals surface area (Å²) in [6.07, 6.45) is 3.25. The molecular weight excluding hydrogens is 214 g/mol. The zero-order valence-corrected chi connectivity index (χ0v) is 9.47. The van der Waals surface area contributed by atoms with Gasteiger partial charge in [-0.25, -0.2) is 0 Å². The van der Waals surface area contributed by atoms with Gasteiger partial charge >= 0.3 is 0 Å². The van der Waals surface area contributed by atoms with Gasteiger partial charge in [0.05, 0.1) is 11.9 Å². The third-order valence-corrected chi connectivity index (χ3v) is 2.46. The fraction of sp³-hybridized carbons (Fsp3) is 0.0769. The van der Waals surface area contributed by atoms with Gasteiger partial charge in [-0.3, -0.25) is 9.78 Å². The Hall–Kier alpha value is -2.36. The van der Waals surface area contributed by atoms with Crippen molar-refractivity contribution < 1.29 is 4.79 Å². The number of pyridine rings is 1. The van der Waals surface area contributed by atoms with Gasteiger partial charge in [-0.1, -0.05) is 6.07 Å². The highest BCUT2D eigenvalue weighted by molar-refractivity contribution is 6.04. The number of hydrogen-bond donors (Lipinski definition) is 2. The quantitative estimate of drug-likeness (QED) is 0.773. The minimum Gasteiger partial charge on any atom is -0.398 e. The van der Waals surface area contributed by atoms with Gasteiger partial charge in [-0.2, -0.15) is 0 Å². The number of nitrogen functional groups attached to an aromatic ring is 1. The number of nitrogens with one attached hydrogen (secondary N) is 1. The molecule has 1 aromatic heterocycles. The van der Waals surface area contributed by atoms with E-state index in [0.29, 0.717) is 16.9 Å². The number of rotatable bonds is 2. The van der Waals surface area contributed by atoms with Gasteiger partial charge in [0.1, 0.15) is 0 Å². The zero-order valence-electron chi connectivity index (χ0n) is 9.47. The van der Waals surface area contributed by atoms with Crippen LogP contribution in [0.15, 0.2) is 42.7 Å². The molecule has 4 nitrogen and oxygen atoms in total. The minimum atomic E-state index is -0.190. The van der Waals surface area contributed by atoms with Crippen LogP contribution in [0.4, 0.5) is 11.4 Å². The van der Waals surface area contributed by atoms with Crippen molar-refractivity contribution >= 4 is 17.3 Å². The first-order chi connectivity index (χ1) is 8.16. The summed E-state index contributed by atoms with van der Waals surface area (Å²) in [4.78, 5) is 15.8. The van der Waals surface area contributed by atoms with Crippen LogP contribution in [0.25, 0.3) is 0 Å². The predicted molar refractivity (Wildman–Crippen MR) is 67.8 cm³/mol. The highest BCUT2D eigenvalue weighted by Gasteiger charge is 2.07. The van der Waals surface area contributed by atoms with Crippen LogP contribution in [-0.2, 0) is 0 Å². The van der Waals surface area contributed by atoms with Gasteiger partial charge in [-0.15, -0.1) is 0 Å². The molecule has 17 heavy (non-hydrogen) atoms. The van der Waals surface area contributed by atoms with Crippen molar-refractivity contribution in [3.8, 4) is 0 Å². The van der Waals surface area contributed by atoms with Crippen molar-refractivity contribution in [2.45, 2.75) is 6.92 Å². The summed E-state index contributed by atoms with van der Waals surface area (Å²) >= 11 is 0. The first-order valence-electron chi connectivity index (χ1n) is 5.24. The predicted octanol–water partition coefficient (Wildman–Crippen LogP) is 2.22. The molecule has 0 saturated carbocycles. The van der Waals surface area contributed by atoms with Crippen molar-refractivity contribution in [1.29, 1.82) is 0 Å². The molecule has 0 aliphatic rings. The molecule has 86 valence electrons. The molecule has 0 aliphatic heterocycles. The van der Waals surface area contributed by atoms with E-state index in [4.69, 9.17) is 5.73 Å². The second-order valence-corrected chi connectivity index (χ2v) is 3.77. The Bertz CT molecular complexity index is 538. The Balaban J connectivity index is 2.18. The van der Waals surface area contributed by atoms with Crippen molar-refractivity contribution in [3.05, 3.63) is 53.9 Å². The number of carbonyl (C=O) groups is 1. The van der Waals surface area contributed by atoms with Crippen LogP contribution in [0.5, 0.6) is 0 Å². The van der Waals surface area contributed by atoms with E-state index in [1.54, 1.807) is 36.7 Å². The lowest BCUT2D eigenvalue weighted by Gasteiger charge is -2.06. The van der Waals surface area contributed by atoms with E-state index < -0.39 is 0 Å². The Labute approximate surface area is 99.5 Å². The van der Waals surface area contributed by atoms with Gasteiger partial charge in [-0.05, 0) is 36.8 Å². The van der Waals surface area contributed by atoms with Gasteiger partial charge < -0.3 is 11.1 Å². The molecule has 0 aliphatic carbocycles. The highest BCUT2D eigenvalue weighted by atomic mass is 16.1. The highest BCUT2D eigenvalue weighted by Crippen LogP contribution is 2.14.